The minimum Gasteiger partial charge on any atom is -0.444 e. The molecule has 34 heavy (non-hydrogen) atoms. The van der Waals surface area contributed by atoms with Gasteiger partial charge in [0.2, 0.25) is 0 Å². The molecule has 2 aliphatic carbocycles. The third kappa shape index (κ3) is 27.2. The summed E-state index contributed by atoms with van der Waals surface area (Å²) < 4.78 is 5.34. The Balaban J connectivity index is -0.000000212. The molecule has 2 saturated carbocycles. The highest BCUT2D eigenvalue weighted by molar-refractivity contribution is 8.65. The highest BCUT2D eigenvalue weighted by Crippen LogP contribution is 2.59. The number of nitrogens with zero attached hydrogens (tertiary/aromatic N) is 1. The monoisotopic (exact) mass is 616 g/mol. The summed E-state index contributed by atoms with van der Waals surface area (Å²) in [5, 5.41) is 3.27. The van der Waals surface area contributed by atoms with Crippen LogP contribution in [0.4, 0.5) is 4.79 Å². The minimum absolute atomic E-state index is 0. The molecule has 5 atom stereocenters. The van der Waals surface area contributed by atoms with Gasteiger partial charge in [-0.3, -0.25) is 0 Å². The van der Waals surface area contributed by atoms with Crippen molar-refractivity contribution in [3.05, 3.63) is 0 Å². The van der Waals surface area contributed by atoms with E-state index in [2.05, 4.69) is 50.0 Å². The van der Waals surface area contributed by atoms with Crippen molar-refractivity contribution in [2.75, 3.05) is 14.1 Å². The highest BCUT2D eigenvalue weighted by Gasteiger charge is 2.28. The molecule has 1 amide bonds. The van der Waals surface area contributed by atoms with Crippen molar-refractivity contribution in [1.29, 1.82) is 0 Å². The smallest absolute Gasteiger partial charge is 0.410 e. The predicted molar refractivity (Wildman–Crippen MR) is 181 cm³/mol. The number of nitrogens with one attached hydrogen (secondary N) is 1. The van der Waals surface area contributed by atoms with Crippen LogP contribution in [-0.2, 0) is 4.74 Å². The lowest BCUT2D eigenvalue weighted by atomic mass is 9.91. The molecule has 2 fully saturated rings. The van der Waals surface area contributed by atoms with Crippen molar-refractivity contribution in [3.8, 4) is 0 Å². The van der Waals surface area contributed by atoms with Gasteiger partial charge in [0.05, 0.1) is 0 Å². The molecule has 0 aromatic heterocycles. The topological polar surface area (TPSA) is 93.6 Å². The molecule has 0 heterocycles. The summed E-state index contributed by atoms with van der Waals surface area (Å²) >= 11 is 0. The van der Waals surface area contributed by atoms with Gasteiger partial charge in [0.1, 0.15) is 5.60 Å². The second-order valence-corrected chi connectivity index (χ2v) is 25.1. The molecule has 2 rings (SSSR count). The first kappa shape index (κ1) is 43.2. The fourth-order valence-electron chi connectivity index (χ4n) is 3.38. The number of rotatable bonds is 2. The Morgan fingerprint density at radius 2 is 1.26 bits per heavy atom. The Morgan fingerprint density at radius 3 is 1.56 bits per heavy atom. The average molecular weight is 617 g/mol. The summed E-state index contributed by atoms with van der Waals surface area (Å²) in [6, 6.07) is 1.82. The standard InChI is InChI=1S/C12H24N2O2.C7H16N2.2CH4.H6P4.H5P3/c1-12(2,3)16-11(15)14(4)10-7-5-9(13)6-8-10;1-9-7-4-2-6(8)3-5-7;;;1-4(2)3;1-3-2/h9-10H,5-8,13H2,1-4H3;6-7,9H,2-5,8H2,1H3;2*1H4;1-3H2;3H,1-2H2. The third-order valence-electron chi connectivity index (χ3n) is 5.15. The molecule has 0 aromatic carbocycles. The van der Waals surface area contributed by atoms with Crippen molar-refractivity contribution in [2.24, 2.45) is 11.5 Å². The Morgan fingerprint density at radius 1 is 0.941 bits per heavy atom. The van der Waals surface area contributed by atoms with Gasteiger partial charge in [0.15, 0.2) is 0 Å². The molecule has 5 N–H and O–H groups in total. The zero-order valence-corrected chi connectivity index (χ0v) is 28.4. The van der Waals surface area contributed by atoms with Crippen molar-refractivity contribution in [2.45, 2.75) is 117 Å². The van der Waals surface area contributed by atoms with Crippen LogP contribution in [0.2, 0.25) is 0 Å². The van der Waals surface area contributed by atoms with Crippen LogP contribution < -0.4 is 16.8 Å². The zero-order chi connectivity index (χ0) is 25.3. The molecule has 13 heteroatoms. The first-order valence-corrected chi connectivity index (χ1v) is 21.9. The third-order valence-corrected chi connectivity index (χ3v) is 5.15. The highest BCUT2D eigenvalue weighted by atomic mass is 32.7. The molecule has 0 radical (unpaired) electrons. The molecule has 5 unspecified atom stereocenters. The molecule has 210 valence electrons. The molecule has 2 aliphatic rings. The van der Waals surface area contributed by atoms with Crippen LogP contribution in [0, 0.1) is 0 Å². The van der Waals surface area contributed by atoms with Gasteiger partial charge in [0.25, 0.3) is 0 Å². The predicted octanol–water partition coefficient (Wildman–Crippen LogP) is 6.95. The maximum atomic E-state index is 11.8. The fraction of sp³-hybridized carbons (Fsp3) is 0.952. The number of hydrogen-bond donors (Lipinski definition) is 3. The lowest BCUT2D eigenvalue weighted by Crippen LogP contribution is -2.44. The van der Waals surface area contributed by atoms with E-state index >= 15 is 0 Å². The first-order valence-electron chi connectivity index (χ1n) is 11.1. The van der Waals surface area contributed by atoms with E-state index in [1.165, 1.54) is 25.7 Å². The van der Waals surface area contributed by atoms with E-state index in [0.29, 0.717) is 12.1 Å². The lowest BCUT2D eigenvalue weighted by Gasteiger charge is -2.34. The van der Waals surface area contributed by atoms with E-state index < -0.39 is 5.60 Å². The lowest BCUT2D eigenvalue weighted by molar-refractivity contribution is 0.0183. The van der Waals surface area contributed by atoms with E-state index in [-0.39, 0.29) is 34.0 Å². The van der Waals surface area contributed by atoms with Crippen LogP contribution in [-0.4, -0.2) is 54.9 Å². The summed E-state index contributed by atoms with van der Waals surface area (Å²) in [6.07, 6.45) is 8.66. The maximum absolute atomic E-state index is 11.8. The normalized spacial score (nSPS) is 23.7. The van der Waals surface area contributed by atoms with Gasteiger partial charge < -0.3 is 26.4 Å². The van der Waals surface area contributed by atoms with E-state index in [9.17, 15) is 4.79 Å². The summed E-state index contributed by atoms with van der Waals surface area (Å²) in [5.74, 6) is 0. The van der Waals surface area contributed by atoms with E-state index in [0.717, 1.165) is 39.7 Å². The van der Waals surface area contributed by atoms with Crippen LogP contribution in [0.5, 0.6) is 0 Å². The van der Waals surface area contributed by atoms with Gasteiger partial charge in [-0.05, 0) is 86.2 Å². The first-order chi connectivity index (χ1) is 14.8. The second kappa shape index (κ2) is 25.4. The summed E-state index contributed by atoms with van der Waals surface area (Å²) in [6.45, 7) is 5.78. The van der Waals surface area contributed by atoms with Gasteiger partial charge in [-0.1, -0.05) is 22.8 Å². The van der Waals surface area contributed by atoms with Crippen LogP contribution in [0.25, 0.3) is 0 Å². The molecule has 0 aliphatic heterocycles. The Labute approximate surface area is 227 Å². The van der Waals surface area contributed by atoms with Crippen molar-refractivity contribution in [1.82, 2.24) is 10.2 Å². The second-order valence-electron chi connectivity index (χ2n) is 9.17. The molecular formula is C21H59N4O2P7. The van der Waals surface area contributed by atoms with E-state index in [1.54, 1.807) is 4.90 Å². The average Bonchev–Trinajstić information content (AvgIpc) is 2.68. The number of hydrogen-bond acceptors (Lipinski definition) is 5. The fourth-order valence-corrected chi connectivity index (χ4v) is 3.38. The largest absolute Gasteiger partial charge is 0.444 e. The number of carbonyl (C=O) groups is 1. The van der Waals surface area contributed by atoms with Crippen LogP contribution in [0.3, 0.4) is 0 Å². The number of carbonyl (C=O) groups excluding carboxylic acids is 1. The van der Waals surface area contributed by atoms with Gasteiger partial charge >= 0.3 is 6.09 Å². The quantitative estimate of drug-likeness (QED) is 0.292. The summed E-state index contributed by atoms with van der Waals surface area (Å²) in [5.41, 5.74) is 11.1. The van der Waals surface area contributed by atoms with Gasteiger partial charge in [-0.25, -0.2) is 4.79 Å². The van der Waals surface area contributed by atoms with Crippen LogP contribution in [0.1, 0.15) is 87.0 Å². The van der Waals surface area contributed by atoms with E-state index in [4.69, 9.17) is 16.2 Å². The van der Waals surface area contributed by atoms with Crippen molar-refractivity contribution < 1.29 is 9.53 Å². The molecule has 6 nitrogen and oxygen atoms in total. The SMILES string of the molecule is C.C.CN(C(=O)OC(C)(C)C)C1CCC(N)CC1.CNC1CCC(N)CC1.PP(P)P.PPP. The summed E-state index contributed by atoms with van der Waals surface area (Å²) in [4.78, 5) is 13.5. The van der Waals surface area contributed by atoms with Crippen molar-refractivity contribution >= 4 is 65.7 Å². The van der Waals surface area contributed by atoms with Crippen LogP contribution in [0.15, 0.2) is 0 Å². The van der Waals surface area contributed by atoms with Gasteiger partial charge in [-0.15, -0.1) is 44.6 Å². The Hall–Kier alpha value is 2.16. The Bertz CT molecular complexity index is 456. The van der Waals surface area contributed by atoms with Gasteiger partial charge in [-0.2, -0.15) is 0 Å². The Kier molecular flexibility index (Phi) is 32.3. The maximum Gasteiger partial charge on any atom is 0.410 e. The molecule has 0 bridgehead atoms. The van der Waals surface area contributed by atoms with Gasteiger partial charge in [0, 0.05) is 31.2 Å². The number of ether oxygens (including phenoxy) is 1. The summed E-state index contributed by atoms with van der Waals surface area (Å²) in [7, 11) is 17.8. The zero-order valence-electron chi connectivity index (χ0n) is 20.7. The number of amides is 1. The minimum atomic E-state index is -0.420. The molecule has 0 spiro atoms. The number of nitrogens with two attached hydrogens (primary N) is 2. The molecular weight excluding hydrogens is 557 g/mol. The van der Waals surface area contributed by atoms with Crippen LogP contribution >= 0.6 is 59.6 Å². The molecule has 0 aromatic rings. The molecule has 0 saturated heterocycles. The van der Waals surface area contributed by atoms with E-state index in [1.807, 2.05) is 34.9 Å². The van der Waals surface area contributed by atoms with Crippen molar-refractivity contribution in [3.63, 3.8) is 0 Å².